The SMILES string of the molecule is CC(=O)OC1CN(C(c2ccccc2)c2ccccc2)C1c1cc(F)cc(F)c1. The van der Waals surface area contributed by atoms with Crippen LogP contribution >= 0.6 is 0 Å². The highest BCUT2D eigenvalue weighted by atomic mass is 19.1. The fourth-order valence-electron chi connectivity index (χ4n) is 4.08. The molecule has 0 aliphatic carbocycles. The minimum absolute atomic E-state index is 0.138. The maximum Gasteiger partial charge on any atom is 0.303 e. The summed E-state index contributed by atoms with van der Waals surface area (Å²) in [6, 6.07) is 22.7. The zero-order valence-corrected chi connectivity index (χ0v) is 16.0. The van der Waals surface area contributed by atoms with Crippen molar-refractivity contribution in [3.63, 3.8) is 0 Å². The molecular weight excluding hydrogens is 372 g/mol. The first kappa shape index (κ1) is 19.3. The summed E-state index contributed by atoms with van der Waals surface area (Å²) >= 11 is 0. The van der Waals surface area contributed by atoms with E-state index in [1.807, 2.05) is 60.7 Å². The van der Waals surface area contributed by atoms with Crippen LogP contribution in [0.25, 0.3) is 0 Å². The van der Waals surface area contributed by atoms with Crippen LogP contribution in [0.15, 0.2) is 78.9 Å². The van der Waals surface area contributed by atoms with Gasteiger partial charge in [0, 0.05) is 19.5 Å². The van der Waals surface area contributed by atoms with Crippen LogP contribution < -0.4 is 0 Å². The third-order valence-corrected chi connectivity index (χ3v) is 5.21. The maximum absolute atomic E-state index is 13.9. The lowest BCUT2D eigenvalue weighted by Gasteiger charge is -2.51. The van der Waals surface area contributed by atoms with E-state index in [0.717, 1.165) is 17.2 Å². The van der Waals surface area contributed by atoms with Crippen LogP contribution in [0.1, 0.15) is 35.7 Å². The van der Waals surface area contributed by atoms with Gasteiger partial charge < -0.3 is 4.74 Å². The molecular formula is C24H21F2NO2. The molecule has 0 aromatic heterocycles. The van der Waals surface area contributed by atoms with E-state index in [2.05, 4.69) is 4.90 Å². The van der Waals surface area contributed by atoms with Crippen molar-refractivity contribution >= 4 is 5.97 Å². The highest BCUT2D eigenvalue weighted by Crippen LogP contribution is 2.45. The molecule has 1 heterocycles. The molecule has 5 heteroatoms. The van der Waals surface area contributed by atoms with Crippen molar-refractivity contribution in [2.45, 2.75) is 25.1 Å². The highest BCUT2D eigenvalue weighted by molar-refractivity contribution is 5.66. The monoisotopic (exact) mass is 393 g/mol. The Morgan fingerprint density at radius 2 is 1.45 bits per heavy atom. The third-order valence-electron chi connectivity index (χ3n) is 5.21. The second-order valence-corrected chi connectivity index (χ2v) is 7.22. The average molecular weight is 393 g/mol. The van der Waals surface area contributed by atoms with Gasteiger partial charge in [0.1, 0.15) is 17.7 Å². The zero-order valence-electron chi connectivity index (χ0n) is 16.0. The molecule has 1 aliphatic rings. The van der Waals surface area contributed by atoms with Crippen molar-refractivity contribution in [3.05, 3.63) is 107 Å². The molecule has 0 radical (unpaired) electrons. The number of nitrogens with zero attached hydrogens (tertiary/aromatic N) is 1. The van der Waals surface area contributed by atoms with Crippen molar-refractivity contribution in [2.24, 2.45) is 0 Å². The van der Waals surface area contributed by atoms with Gasteiger partial charge in [0.2, 0.25) is 0 Å². The Morgan fingerprint density at radius 3 is 1.93 bits per heavy atom. The van der Waals surface area contributed by atoms with Crippen molar-refractivity contribution < 1.29 is 18.3 Å². The minimum Gasteiger partial charge on any atom is -0.459 e. The van der Waals surface area contributed by atoms with Gasteiger partial charge in [0.05, 0.1) is 12.1 Å². The summed E-state index contributed by atoms with van der Waals surface area (Å²) in [6.07, 6.45) is -0.469. The van der Waals surface area contributed by atoms with Gasteiger partial charge in [0.25, 0.3) is 0 Å². The Morgan fingerprint density at radius 1 is 0.931 bits per heavy atom. The standard InChI is InChI=1S/C24H21F2NO2/c1-16(28)29-22-15-27(24(22)19-12-20(25)14-21(26)13-19)23(17-8-4-2-5-9-17)18-10-6-3-7-11-18/h2-14,22-24H,15H2,1H3. The first-order valence-electron chi connectivity index (χ1n) is 9.52. The smallest absolute Gasteiger partial charge is 0.303 e. The van der Waals surface area contributed by atoms with E-state index in [9.17, 15) is 13.6 Å². The second-order valence-electron chi connectivity index (χ2n) is 7.22. The average Bonchev–Trinajstić information content (AvgIpc) is 2.67. The van der Waals surface area contributed by atoms with E-state index in [1.54, 1.807) is 0 Å². The van der Waals surface area contributed by atoms with Gasteiger partial charge >= 0.3 is 5.97 Å². The summed E-state index contributed by atoms with van der Waals surface area (Å²) in [5, 5.41) is 0. The number of hydrogen-bond donors (Lipinski definition) is 0. The molecule has 1 saturated heterocycles. The summed E-state index contributed by atoms with van der Waals surface area (Å²) in [4.78, 5) is 13.7. The van der Waals surface area contributed by atoms with Crippen LogP contribution in [0.5, 0.6) is 0 Å². The Hall–Kier alpha value is -3.05. The number of benzene rings is 3. The molecule has 0 N–H and O–H groups in total. The number of esters is 1. The first-order chi connectivity index (χ1) is 14.0. The molecule has 0 amide bonds. The fourth-order valence-corrected chi connectivity index (χ4v) is 4.08. The minimum atomic E-state index is -0.649. The van der Waals surface area contributed by atoms with Crippen molar-refractivity contribution in [1.82, 2.24) is 4.90 Å². The molecule has 148 valence electrons. The predicted octanol–water partition coefficient (Wildman–Crippen LogP) is 5.04. The van der Waals surface area contributed by atoms with Crippen LogP contribution in [0.4, 0.5) is 8.78 Å². The number of carbonyl (C=O) groups is 1. The van der Waals surface area contributed by atoms with E-state index in [4.69, 9.17) is 4.74 Å². The molecule has 3 aromatic carbocycles. The predicted molar refractivity (Wildman–Crippen MR) is 106 cm³/mol. The lowest BCUT2D eigenvalue weighted by molar-refractivity contribution is -0.166. The molecule has 29 heavy (non-hydrogen) atoms. The van der Waals surface area contributed by atoms with Crippen LogP contribution in [-0.2, 0) is 9.53 Å². The molecule has 1 aliphatic heterocycles. The van der Waals surface area contributed by atoms with Gasteiger partial charge in [-0.1, -0.05) is 60.7 Å². The highest BCUT2D eigenvalue weighted by Gasteiger charge is 2.46. The number of hydrogen-bond acceptors (Lipinski definition) is 3. The Kier molecular flexibility index (Phi) is 5.41. The van der Waals surface area contributed by atoms with Crippen LogP contribution in [0.3, 0.4) is 0 Å². The van der Waals surface area contributed by atoms with Gasteiger partial charge in [-0.15, -0.1) is 0 Å². The van der Waals surface area contributed by atoms with Crippen LogP contribution in [0.2, 0.25) is 0 Å². The second kappa shape index (κ2) is 8.13. The van der Waals surface area contributed by atoms with E-state index in [0.29, 0.717) is 12.1 Å². The maximum atomic E-state index is 13.9. The Balaban J connectivity index is 1.77. The van der Waals surface area contributed by atoms with Crippen molar-refractivity contribution in [3.8, 4) is 0 Å². The first-order valence-corrected chi connectivity index (χ1v) is 9.52. The number of ether oxygens (including phenoxy) is 1. The van der Waals surface area contributed by atoms with Gasteiger partial charge in [0.15, 0.2) is 0 Å². The van der Waals surface area contributed by atoms with E-state index < -0.39 is 29.7 Å². The molecule has 0 spiro atoms. The lowest BCUT2D eigenvalue weighted by atomic mass is 9.85. The van der Waals surface area contributed by atoms with E-state index >= 15 is 0 Å². The summed E-state index contributed by atoms with van der Waals surface area (Å²) in [7, 11) is 0. The molecule has 3 nitrogen and oxygen atoms in total. The molecule has 0 saturated carbocycles. The summed E-state index contributed by atoms with van der Waals surface area (Å²) in [5.74, 6) is -1.71. The summed E-state index contributed by atoms with van der Waals surface area (Å²) < 4.78 is 33.4. The van der Waals surface area contributed by atoms with Gasteiger partial charge in [-0.2, -0.15) is 0 Å². The van der Waals surface area contributed by atoms with Crippen molar-refractivity contribution in [2.75, 3.05) is 6.54 Å². The Bertz CT molecular complexity index is 935. The van der Waals surface area contributed by atoms with Crippen LogP contribution in [-0.4, -0.2) is 23.5 Å². The molecule has 2 unspecified atom stereocenters. The lowest BCUT2D eigenvalue weighted by Crippen LogP contribution is -2.56. The zero-order chi connectivity index (χ0) is 20.4. The molecule has 4 rings (SSSR count). The number of likely N-dealkylation sites (tertiary alicyclic amines) is 1. The largest absolute Gasteiger partial charge is 0.459 e. The number of carbonyl (C=O) groups excluding carboxylic acids is 1. The molecule has 3 aromatic rings. The molecule has 1 fully saturated rings. The summed E-state index contributed by atoms with van der Waals surface area (Å²) in [6.45, 7) is 1.81. The normalized spacial score (nSPS) is 19.0. The topological polar surface area (TPSA) is 29.5 Å². The van der Waals surface area contributed by atoms with Crippen LogP contribution in [0, 0.1) is 11.6 Å². The third kappa shape index (κ3) is 4.05. The Labute approximate surface area is 168 Å². The molecule has 2 atom stereocenters. The quantitative estimate of drug-likeness (QED) is 0.569. The fraction of sp³-hybridized carbons (Fsp3) is 0.208. The van der Waals surface area contributed by atoms with Gasteiger partial charge in [-0.3, -0.25) is 9.69 Å². The number of rotatable bonds is 5. The summed E-state index contributed by atoms with van der Waals surface area (Å²) in [5.41, 5.74) is 2.57. The van der Waals surface area contributed by atoms with Gasteiger partial charge in [-0.25, -0.2) is 8.78 Å². The van der Waals surface area contributed by atoms with Crippen molar-refractivity contribution in [1.29, 1.82) is 0 Å². The molecule has 0 bridgehead atoms. The van der Waals surface area contributed by atoms with E-state index in [1.165, 1.54) is 19.1 Å². The number of halogens is 2. The van der Waals surface area contributed by atoms with Gasteiger partial charge in [-0.05, 0) is 28.8 Å². The van der Waals surface area contributed by atoms with E-state index in [-0.39, 0.29) is 6.04 Å².